The van der Waals surface area contributed by atoms with E-state index in [-0.39, 0.29) is 11.7 Å². The van der Waals surface area contributed by atoms with Gasteiger partial charge in [-0.15, -0.1) is 16.8 Å². The van der Waals surface area contributed by atoms with Gasteiger partial charge in [-0.1, -0.05) is 71.9 Å². The number of amides is 1. The monoisotopic (exact) mass is 448 g/mol. The fourth-order valence-electron chi connectivity index (χ4n) is 3.35. The number of benzene rings is 3. The molecule has 4 rings (SSSR count). The van der Waals surface area contributed by atoms with Crippen molar-refractivity contribution in [1.82, 2.24) is 14.8 Å². The summed E-state index contributed by atoms with van der Waals surface area (Å²) in [5.41, 5.74) is 1.90. The van der Waals surface area contributed by atoms with Gasteiger partial charge < -0.3 is 9.88 Å². The molecule has 1 amide bonds. The maximum absolute atomic E-state index is 12.3. The topological polar surface area (TPSA) is 59.8 Å². The lowest BCUT2D eigenvalue weighted by Gasteiger charge is -2.10. The molecule has 0 aliphatic rings. The molecule has 31 heavy (non-hydrogen) atoms. The Morgan fingerprint density at radius 3 is 2.65 bits per heavy atom. The maximum Gasteiger partial charge on any atom is 0.234 e. The van der Waals surface area contributed by atoms with Crippen molar-refractivity contribution in [3.63, 3.8) is 0 Å². The number of nitrogens with zero attached hydrogens (tertiary/aromatic N) is 3. The van der Waals surface area contributed by atoms with E-state index in [1.165, 1.54) is 28.1 Å². The number of fused-ring (bicyclic) bond motifs is 1. The largest absolute Gasteiger partial charge is 0.325 e. The highest BCUT2D eigenvalue weighted by atomic mass is 35.5. The first-order chi connectivity index (χ1) is 15.1. The highest BCUT2D eigenvalue weighted by Gasteiger charge is 2.15. The molecule has 0 bridgehead atoms. The molecule has 0 aliphatic heterocycles. The quantitative estimate of drug-likeness (QED) is 0.282. The summed E-state index contributed by atoms with van der Waals surface area (Å²) in [6, 6.07) is 21.6. The second-order valence-corrected chi connectivity index (χ2v) is 8.34. The van der Waals surface area contributed by atoms with Gasteiger partial charge in [-0.2, -0.15) is 0 Å². The minimum Gasteiger partial charge on any atom is -0.325 e. The van der Waals surface area contributed by atoms with Gasteiger partial charge in [-0.25, -0.2) is 0 Å². The molecule has 1 heterocycles. The number of aromatic nitrogens is 3. The van der Waals surface area contributed by atoms with Gasteiger partial charge in [0.25, 0.3) is 0 Å². The van der Waals surface area contributed by atoms with Crippen LogP contribution in [0.4, 0.5) is 5.69 Å². The molecule has 0 spiro atoms. The molecular weight excluding hydrogens is 428 g/mol. The van der Waals surface area contributed by atoms with E-state index in [1.54, 1.807) is 24.3 Å². The van der Waals surface area contributed by atoms with Gasteiger partial charge >= 0.3 is 0 Å². The van der Waals surface area contributed by atoms with Crippen LogP contribution in [0.3, 0.4) is 0 Å². The smallest absolute Gasteiger partial charge is 0.234 e. The normalized spacial score (nSPS) is 10.9. The van der Waals surface area contributed by atoms with Crippen molar-refractivity contribution in [1.29, 1.82) is 0 Å². The molecule has 1 aromatic heterocycles. The van der Waals surface area contributed by atoms with Gasteiger partial charge in [-0.3, -0.25) is 4.79 Å². The van der Waals surface area contributed by atoms with Crippen LogP contribution in [0.25, 0.3) is 10.8 Å². The van der Waals surface area contributed by atoms with E-state index >= 15 is 0 Å². The van der Waals surface area contributed by atoms with Gasteiger partial charge in [-0.05, 0) is 40.6 Å². The summed E-state index contributed by atoms with van der Waals surface area (Å²) in [5, 5.41) is 15.3. The van der Waals surface area contributed by atoms with Crippen molar-refractivity contribution in [2.24, 2.45) is 0 Å². The number of allylic oxidation sites excluding steroid dienone is 1. The van der Waals surface area contributed by atoms with E-state index in [0.717, 1.165) is 5.82 Å². The van der Waals surface area contributed by atoms with E-state index in [4.69, 9.17) is 11.6 Å². The van der Waals surface area contributed by atoms with Crippen molar-refractivity contribution in [3.05, 3.63) is 95.8 Å². The number of thioether (sulfide) groups is 1. The summed E-state index contributed by atoms with van der Waals surface area (Å²) in [6.45, 7) is 4.43. The molecule has 0 atom stereocenters. The van der Waals surface area contributed by atoms with Gasteiger partial charge in [0, 0.05) is 23.7 Å². The summed E-state index contributed by atoms with van der Waals surface area (Å²) in [5.74, 6) is 0.958. The zero-order valence-electron chi connectivity index (χ0n) is 16.8. The molecule has 5 nitrogen and oxygen atoms in total. The van der Waals surface area contributed by atoms with E-state index in [2.05, 4.69) is 52.4 Å². The first kappa shape index (κ1) is 21.2. The van der Waals surface area contributed by atoms with Crippen molar-refractivity contribution in [2.45, 2.75) is 18.1 Å². The van der Waals surface area contributed by atoms with Crippen molar-refractivity contribution >= 4 is 45.7 Å². The molecule has 0 fully saturated rings. The lowest BCUT2D eigenvalue weighted by atomic mass is 10.0. The average molecular weight is 449 g/mol. The Bertz CT molecular complexity index is 1210. The minimum atomic E-state index is -0.115. The number of anilines is 1. The number of carbonyl (C=O) groups excluding carboxylic acids is 1. The van der Waals surface area contributed by atoms with E-state index in [9.17, 15) is 4.79 Å². The predicted octanol–water partition coefficient (Wildman–Crippen LogP) is 5.59. The Kier molecular flexibility index (Phi) is 6.70. The van der Waals surface area contributed by atoms with Crippen LogP contribution in [0.15, 0.2) is 84.5 Å². The highest BCUT2D eigenvalue weighted by molar-refractivity contribution is 7.99. The van der Waals surface area contributed by atoms with E-state index in [0.29, 0.717) is 28.8 Å². The molecule has 0 radical (unpaired) electrons. The molecule has 156 valence electrons. The van der Waals surface area contributed by atoms with Crippen molar-refractivity contribution in [3.8, 4) is 0 Å². The van der Waals surface area contributed by atoms with Crippen molar-refractivity contribution < 1.29 is 4.79 Å². The van der Waals surface area contributed by atoms with Gasteiger partial charge in [0.15, 0.2) is 5.16 Å². The zero-order chi connectivity index (χ0) is 21.6. The van der Waals surface area contributed by atoms with Crippen LogP contribution < -0.4 is 5.32 Å². The van der Waals surface area contributed by atoms with Crippen LogP contribution in [-0.2, 0) is 17.8 Å². The average Bonchev–Trinajstić information content (AvgIpc) is 3.16. The first-order valence-electron chi connectivity index (χ1n) is 9.82. The number of nitrogens with one attached hydrogen (secondary N) is 1. The Morgan fingerprint density at radius 1 is 1.06 bits per heavy atom. The summed E-state index contributed by atoms with van der Waals surface area (Å²) >= 11 is 7.24. The van der Waals surface area contributed by atoms with Gasteiger partial charge in [0.2, 0.25) is 5.91 Å². The van der Waals surface area contributed by atoms with Crippen LogP contribution in [0.1, 0.15) is 11.4 Å². The van der Waals surface area contributed by atoms with Gasteiger partial charge in [0.05, 0.1) is 5.75 Å². The molecule has 0 saturated carbocycles. The third-order valence-corrected chi connectivity index (χ3v) is 6.01. The fourth-order valence-corrected chi connectivity index (χ4v) is 4.24. The molecule has 3 aromatic carbocycles. The number of hydrogen-bond donors (Lipinski definition) is 1. The fraction of sp³-hybridized carbons (Fsp3) is 0.125. The Labute approximate surface area is 190 Å². The standard InChI is InChI=1S/C24H21ClN4OS/c1-2-14-29-22(15-18-8-5-7-17-6-3-4-9-21(17)18)27-28-24(29)31-16-23(30)26-20-12-10-19(25)11-13-20/h2-13H,1,14-16H2,(H,26,30). The first-order valence-corrected chi connectivity index (χ1v) is 11.2. The number of rotatable bonds is 8. The second-order valence-electron chi connectivity index (χ2n) is 6.96. The summed E-state index contributed by atoms with van der Waals surface area (Å²) in [4.78, 5) is 12.3. The predicted molar refractivity (Wildman–Crippen MR) is 128 cm³/mol. The summed E-state index contributed by atoms with van der Waals surface area (Å²) < 4.78 is 2.01. The second kappa shape index (κ2) is 9.81. The SMILES string of the molecule is C=CCn1c(Cc2cccc3ccccc23)nnc1SCC(=O)Nc1ccc(Cl)cc1. The zero-order valence-corrected chi connectivity index (χ0v) is 18.4. The molecule has 0 aliphatic carbocycles. The van der Waals surface area contributed by atoms with Crippen LogP contribution >= 0.6 is 23.4 Å². The maximum atomic E-state index is 12.3. The van der Waals surface area contributed by atoms with Crippen LogP contribution in [0.5, 0.6) is 0 Å². The van der Waals surface area contributed by atoms with Crippen LogP contribution in [0, 0.1) is 0 Å². The van der Waals surface area contributed by atoms with Crippen molar-refractivity contribution in [2.75, 3.05) is 11.1 Å². The molecule has 0 unspecified atom stereocenters. The molecular formula is C24H21ClN4OS. The van der Waals surface area contributed by atoms with Gasteiger partial charge in [0.1, 0.15) is 5.82 Å². The molecule has 7 heteroatoms. The summed E-state index contributed by atoms with van der Waals surface area (Å²) in [7, 11) is 0. The highest BCUT2D eigenvalue weighted by Crippen LogP contribution is 2.24. The molecule has 4 aromatic rings. The summed E-state index contributed by atoms with van der Waals surface area (Å²) in [6.07, 6.45) is 2.47. The third-order valence-electron chi connectivity index (χ3n) is 4.79. The molecule has 0 saturated heterocycles. The Hall–Kier alpha value is -3.09. The number of hydrogen-bond acceptors (Lipinski definition) is 4. The third kappa shape index (κ3) is 5.16. The van der Waals surface area contributed by atoms with E-state index in [1.807, 2.05) is 22.8 Å². The number of carbonyl (C=O) groups is 1. The van der Waals surface area contributed by atoms with E-state index < -0.39 is 0 Å². The number of halogens is 1. The minimum absolute atomic E-state index is 0.115. The van der Waals surface area contributed by atoms with Crippen LogP contribution in [0.2, 0.25) is 5.02 Å². The molecule has 1 N–H and O–H groups in total. The lowest BCUT2D eigenvalue weighted by molar-refractivity contribution is -0.113. The van der Waals surface area contributed by atoms with Crippen LogP contribution in [-0.4, -0.2) is 26.4 Å². The lowest BCUT2D eigenvalue weighted by Crippen LogP contribution is -2.14. The Balaban J connectivity index is 1.48. The Morgan fingerprint density at radius 2 is 1.84 bits per heavy atom.